The molecule has 0 spiro atoms. The molecule has 0 aliphatic carbocycles. The number of aromatic carboxylic acids is 1. The number of halogens is 1. The van der Waals surface area contributed by atoms with Crippen LogP contribution in [0.15, 0.2) is 12.3 Å². The molecule has 5 heteroatoms. The van der Waals surface area contributed by atoms with Crippen LogP contribution in [0.25, 0.3) is 0 Å². The van der Waals surface area contributed by atoms with E-state index in [1.165, 1.54) is 12.3 Å². The number of carbonyl (C=O) groups excluding carboxylic acids is 1. The molecule has 1 aromatic rings. The molecule has 1 heterocycles. The van der Waals surface area contributed by atoms with E-state index < -0.39 is 5.97 Å². The third-order valence-corrected chi connectivity index (χ3v) is 1.52. The Balaban J connectivity index is 0.00000121. The minimum Gasteiger partial charge on any atom is -0.545 e. The molecule has 1 rings (SSSR count). The van der Waals surface area contributed by atoms with Crippen molar-refractivity contribution in [3.05, 3.63) is 28.5 Å². The Morgan fingerprint density at radius 3 is 2.67 bits per heavy atom. The quantitative estimate of drug-likeness (QED) is 0.443. The predicted octanol–water partition coefficient (Wildman–Crippen LogP) is -2.59. The normalized spacial score (nSPS) is 8.83. The number of hydrogen-bond acceptors (Lipinski definition) is 3. The van der Waals surface area contributed by atoms with Crippen LogP contribution in [-0.4, -0.2) is 11.0 Å². The molecule has 0 aliphatic rings. The maximum absolute atomic E-state index is 10.3. The van der Waals surface area contributed by atoms with E-state index in [1.807, 2.05) is 0 Å². The van der Waals surface area contributed by atoms with Gasteiger partial charge in [-0.15, -0.1) is 0 Å². The van der Waals surface area contributed by atoms with Gasteiger partial charge in [-0.3, -0.25) is 4.98 Å². The Labute approximate surface area is 86.9 Å². The third kappa shape index (κ3) is 2.53. The summed E-state index contributed by atoms with van der Waals surface area (Å²) in [5.74, 6) is -1.30. The van der Waals surface area contributed by atoms with Gasteiger partial charge in [0.25, 0.3) is 0 Å². The van der Waals surface area contributed by atoms with Gasteiger partial charge in [0.05, 0.1) is 11.0 Å². The average molecular weight is 178 g/mol. The first kappa shape index (κ1) is 11.5. The Kier molecular flexibility index (Phi) is 4.33. The van der Waals surface area contributed by atoms with Gasteiger partial charge in [0, 0.05) is 17.5 Å². The van der Waals surface area contributed by atoms with Crippen molar-refractivity contribution < 1.29 is 28.8 Å². The van der Waals surface area contributed by atoms with Gasteiger partial charge in [0.15, 0.2) is 0 Å². The van der Waals surface area contributed by atoms with E-state index in [9.17, 15) is 9.90 Å². The van der Waals surface area contributed by atoms with Crippen LogP contribution in [0, 0.1) is 6.92 Å². The zero-order valence-electron chi connectivity index (χ0n) is 6.80. The molecule has 0 unspecified atom stereocenters. The minimum atomic E-state index is -1.30. The molecular weight excluding hydrogens is 172 g/mol. The second kappa shape index (κ2) is 4.51. The number of rotatable bonds is 1. The second-order valence-electron chi connectivity index (χ2n) is 2.09. The maximum Gasteiger partial charge on any atom is 1.00 e. The van der Waals surface area contributed by atoms with Crippen molar-refractivity contribution >= 4 is 17.6 Å². The number of pyridine rings is 1. The number of aromatic nitrogens is 1. The first-order valence-corrected chi connectivity index (χ1v) is 3.32. The smallest absolute Gasteiger partial charge is 0.545 e. The molecule has 0 bridgehead atoms. The van der Waals surface area contributed by atoms with E-state index in [0.29, 0.717) is 5.69 Å². The van der Waals surface area contributed by atoms with Crippen molar-refractivity contribution in [3.63, 3.8) is 0 Å². The zero-order chi connectivity index (χ0) is 8.43. The molecule has 0 N–H and O–H groups in total. The summed E-state index contributed by atoms with van der Waals surface area (Å²) >= 11 is 5.56. The molecule has 0 atom stereocenters. The molecule has 0 aliphatic heterocycles. The van der Waals surface area contributed by atoms with Crippen LogP contribution in [0.4, 0.5) is 0 Å². The van der Waals surface area contributed by atoms with E-state index in [2.05, 4.69) is 4.98 Å². The van der Waals surface area contributed by atoms with Gasteiger partial charge in [-0.1, -0.05) is 11.6 Å². The van der Waals surface area contributed by atoms with E-state index in [4.69, 9.17) is 11.6 Å². The molecular formula is C7H5ClLiNO2. The standard InChI is InChI=1S/C7H6ClNO2.Li/c1-4-2-6(8)5(3-9-4)7(10)11;/h2-3H,1H3,(H,10,11);/q;+1/p-1. The average Bonchev–Trinajstić information content (AvgIpc) is 1.85. The molecule has 0 saturated heterocycles. The predicted molar refractivity (Wildman–Crippen MR) is 38.3 cm³/mol. The molecule has 3 nitrogen and oxygen atoms in total. The number of carboxylic acid groups (broad SMARTS) is 1. The Bertz CT molecular complexity index is 303. The largest absolute Gasteiger partial charge is 1.00 e. The number of hydrogen-bond donors (Lipinski definition) is 0. The van der Waals surface area contributed by atoms with Gasteiger partial charge in [0.2, 0.25) is 0 Å². The van der Waals surface area contributed by atoms with Crippen LogP contribution in [0.3, 0.4) is 0 Å². The summed E-state index contributed by atoms with van der Waals surface area (Å²) in [5, 5.41) is 10.5. The van der Waals surface area contributed by atoms with E-state index in [-0.39, 0.29) is 29.4 Å². The van der Waals surface area contributed by atoms with Crippen molar-refractivity contribution in [1.29, 1.82) is 0 Å². The fourth-order valence-electron chi connectivity index (χ4n) is 0.677. The summed E-state index contributed by atoms with van der Waals surface area (Å²) in [6, 6.07) is 1.48. The van der Waals surface area contributed by atoms with Gasteiger partial charge in [-0.25, -0.2) is 0 Å². The van der Waals surface area contributed by atoms with E-state index >= 15 is 0 Å². The van der Waals surface area contributed by atoms with Gasteiger partial charge in [0.1, 0.15) is 0 Å². The molecule has 0 fully saturated rings. The Morgan fingerprint density at radius 1 is 1.67 bits per heavy atom. The molecule has 0 saturated carbocycles. The van der Waals surface area contributed by atoms with Crippen molar-refractivity contribution in [2.45, 2.75) is 6.92 Å². The Hall–Kier alpha value is -0.493. The summed E-state index contributed by atoms with van der Waals surface area (Å²) in [7, 11) is 0. The fourth-order valence-corrected chi connectivity index (χ4v) is 0.961. The zero-order valence-corrected chi connectivity index (χ0v) is 7.55. The van der Waals surface area contributed by atoms with Crippen molar-refractivity contribution in [2.75, 3.05) is 0 Å². The first-order valence-electron chi connectivity index (χ1n) is 2.95. The number of carboxylic acids is 1. The van der Waals surface area contributed by atoms with Gasteiger partial charge >= 0.3 is 18.9 Å². The fraction of sp³-hybridized carbons (Fsp3) is 0.143. The van der Waals surface area contributed by atoms with Crippen LogP contribution in [-0.2, 0) is 0 Å². The van der Waals surface area contributed by atoms with Crippen LogP contribution < -0.4 is 24.0 Å². The summed E-state index contributed by atoms with van der Waals surface area (Å²) in [6.07, 6.45) is 1.19. The minimum absolute atomic E-state index is 0. The van der Waals surface area contributed by atoms with Crippen LogP contribution >= 0.6 is 11.6 Å². The molecule has 0 aromatic carbocycles. The van der Waals surface area contributed by atoms with Crippen molar-refractivity contribution in [3.8, 4) is 0 Å². The number of aryl methyl sites for hydroxylation is 1. The topological polar surface area (TPSA) is 53.0 Å². The summed E-state index contributed by atoms with van der Waals surface area (Å²) < 4.78 is 0. The number of carbonyl (C=O) groups is 1. The first-order chi connectivity index (χ1) is 5.11. The number of nitrogens with zero attached hydrogens (tertiary/aromatic N) is 1. The van der Waals surface area contributed by atoms with Crippen LogP contribution in [0.2, 0.25) is 5.02 Å². The molecule has 58 valence electrons. The SMILES string of the molecule is Cc1cc(Cl)c(C(=O)[O-])cn1.[Li+]. The summed E-state index contributed by atoms with van der Waals surface area (Å²) in [4.78, 5) is 14.1. The molecule has 0 amide bonds. The van der Waals surface area contributed by atoms with E-state index in [1.54, 1.807) is 6.92 Å². The van der Waals surface area contributed by atoms with Gasteiger partial charge in [-0.2, -0.15) is 0 Å². The second-order valence-corrected chi connectivity index (χ2v) is 2.50. The van der Waals surface area contributed by atoms with Gasteiger partial charge in [-0.05, 0) is 13.0 Å². The van der Waals surface area contributed by atoms with Crippen LogP contribution in [0.1, 0.15) is 16.1 Å². The van der Waals surface area contributed by atoms with Crippen molar-refractivity contribution in [1.82, 2.24) is 4.98 Å². The molecule has 12 heavy (non-hydrogen) atoms. The summed E-state index contributed by atoms with van der Waals surface area (Å²) in [5.41, 5.74) is 0.609. The molecule has 0 radical (unpaired) electrons. The maximum atomic E-state index is 10.3. The molecule has 1 aromatic heterocycles. The Morgan fingerprint density at radius 2 is 2.25 bits per heavy atom. The van der Waals surface area contributed by atoms with Crippen LogP contribution in [0.5, 0.6) is 0 Å². The third-order valence-electron chi connectivity index (χ3n) is 1.21. The van der Waals surface area contributed by atoms with E-state index in [0.717, 1.165) is 0 Å². The van der Waals surface area contributed by atoms with Gasteiger partial charge < -0.3 is 9.90 Å². The van der Waals surface area contributed by atoms with Crippen molar-refractivity contribution in [2.24, 2.45) is 0 Å². The monoisotopic (exact) mass is 177 g/mol. The summed E-state index contributed by atoms with van der Waals surface area (Å²) in [6.45, 7) is 1.73.